The van der Waals surface area contributed by atoms with Crippen molar-refractivity contribution in [3.05, 3.63) is 27.8 Å². The van der Waals surface area contributed by atoms with Crippen molar-refractivity contribution < 1.29 is 23.8 Å². The summed E-state index contributed by atoms with van der Waals surface area (Å²) in [6, 6.07) is 3.53. The van der Waals surface area contributed by atoms with Gasteiger partial charge in [-0.3, -0.25) is 0 Å². The third-order valence-electron chi connectivity index (χ3n) is 4.15. The van der Waals surface area contributed by atoms with E-state index in [9.17, 15) is 9.59 Å². The van der Waals surface area contributed by atoms with Gasteiger partial charge in [-0.25, -0.2) is 14.6 Å². The maximum Gasteiger partial charge on any atom is 0.348 e. The fraction of sp³-hybridized carbons (Fsp3) is 0.500. The molecular formula is C18H22ClN3O5S. The van der Waals surface area contributed by atoms with Crippen molar-refractivity contribution in [2.24, 2.45) is 0 Å². The molecule has 1 aromatic heterocycles. The Kier molecular flexibility index (Phi) is 7.03. The van der Waals surface area contributed by atoms with Gasteiger partial charge in [-0.15, -0.1) is 0 Å². The Morgan fingerprint density at radius 1 is 1.18 bits per heavy atom. The lowest BCUT2D eigenvalue weighted by Crippen LogP contribution is -2.38. The summed E-state index contributed by atoms with van der Waals surface area (Å²) in [5.74, 6) is 0.416. The molecule has 0 amide bonds. The van der Waals surface area contributed by atoms with Gasteiger partial charge in [0.1, 0.15) is 16.7 Å². The number of nitrogens with zero attached hydrogens (tertiary/aromatic N) is 3. The lowest BCUT2D eigenvalue weighted by atomic mass is 10.2. The zero-order valence-electron chi connectivity index (χ0n) is 15.8. The highest BCUT2D eigenvalue weighted by atomic mass is 35.5. The summed E-state index contributed by atoms with van der Waals surface area (Å²) in [7, 11) is 0. The molecule has 2 aliphatic heterocycles. The zero-order valence-corrected chi connectivity index (χ0v) is 17.3. The molecule has 3 rings (SSSR count). The van der Waals surface area contributed by atoms with Crippen LogP contribution in [0.25, 0.3) is 0 Å². The minimum Gasteiger partial charge on any atom is -0.462 e. The topological polar surface area (TPSA) is 81.2 Å². The van der Waals surface area contributed by atoms with Gasteiger partial charge in [0, 0.05) is 13.1 Å². The van der Waals surface area contributed by atoms with Crippen molar-refractivity contribution in [2.45, 2.75) is 13.8 Å². The van der Waals surface area contributed by atoms with Gasteiger partial charge >= 0.3 is 11.9 Å². The summed E-state index contributed by atoms with van der Waals surface area (Å²) in [5, 5.41) is 1.01. The first-order chi connectivity index (χ1) is 13.6. The summed E-state index contributed by atoms with van der Waals surface area (Å²) in [4.78, 5) is 33.2. The fourth-order valence-electron chi connectivity index (χ4n) is 2.80. The van der Waals surface area contributed by atoms with Crippen LogP contribution in [0.3, 0.4) is 0 Å². The van der Waals surface area contributed by atoms with Crippen LogP contribution in [-0.4, -0.2) is 62.3 Å². The molecule has 0 radical (unpaired) electrons. The zero-order chi connectivity index (χ0) is 20.1. The Balaban J connectivity index is 1.93. The van der Waals surface area contributed by atoms with Crippen LogP contribution >= 0.6 is 23.4 Å². The number of esters is 2. The highest BCUT2D eigenvalue weighted by Crippen LogP contribution is 2.41. The Hall–Kier alpha value is -1.97. The monoisotopic (exact) mass is 427 g/mol. The summed E-state index contributed by atoms with van der Waals surface area (Å²) >= 11 is 7.72. The Labute approximate surface area is 172 Å². The first-order valence-corrected chi connectivity index (χ1v) is 10.4. The first kappa shape index (κ1) is 20.8. The molecule has 8 nitrogen and oxygen atoms in total. The number of pyridine rings is 1. The number of hydrogen-bond acceptors (Lipinski definition) is 9. The molecule has 2 fully saturated rings. The molecular weight excluding hydrogens is 406 g/mol. The second-order valence-corrected chi connectivity index (χ2v) is 7.24. The van der Waals surface area contributed by atoms with E-state index in [2.05, 4.69) is 9.88 Å². The van der Waals surface area contributed by atoms with Gasteiger partial charge in [0.15, 0.2) is 5.57 Å². The highest BCUT2D eigenvalue weighted by molar-refractivity contribution is 8.05. The van der Waals surface area contributed by atoms with E-state index in [4.69, 9.17) is 25.8 Å². The Morgan fingerprint density at radius 2 is 1.82 bits per heavy atom. The molecule has 0 aromatic carbocycles. The second-order valence-electron chi connectivity index (χ2n) is 5.90. The Morgan fingerprint density at radius 3 is 2.36 bits per heavy atom. The smallest absolute Gasteiger partial charge is 0.348 e. The number of ether oxygens (including phenoxy) is 3. The number of anilines is 2. The number of thioether (sulfide) groups is 1. The van der Waals surface area contributed by atoms with Gasteiger partial charge in [-0.2, -0.15) is 0 Å². The van der Waals surface area contributed by atoms with Gasteiger partial charge in [-0.1, -0.05) is 23.4 Å². The maximum absolute atomic E-state index is 12.4. The van der Waals surface area contributed by atoms with Crippen molar-refractivity contribution in [1.29, 1.82) is 0 Å². The van der Waals surface area contributed by atoms with Gasteiger partial charge < -0.3 is 24.0 Å². The average molecular weight is 428 g/mol. The highest BCUT2D eigenvalue weighted by Gasteiger charge is 2.36. The van der Waals surface area contributed by atoms with Crippen molar-refractivity contribution in [1.82, 2.24) is 4.98 Å². The predicted octanol–water partition coefficient (Wildman–Crippen LogP) is 2.42. The summed E-state index contributed by atoms with van der Waals surface area (Å²) in [6.07, 6.45) is 0. The lowest BCUT2D eigenvalue weighted by molar-refractivity contribution is -0.146. The molecule has 0 atom stereocenters. The predicted molar refractivity (Wildman–Crippen MR) is 108 cm³/mol. The molecule has 0 N–H and O–H groups in total. The largest absolute Gasteiger partial charge is 0.462 e. The number of halogens is 1. The summed E-state index contributed by atoms with van der Waals surface area (Å²) in [6.45, 7) is 6.33. The van der Waals surface area contributed by atoms with E-state index in [0.717, 1.165) is 0 Å². The molecule has 0 aliphatic carbocycles. The SMILES string of the molecule is CCOC(=O)C(C(=O)OCC)=C1SCN1c1ccc(Cl)c(N2CCOCC2)n1. The van der Waals surface area contributed by atoms with Crippen LogP contribution in [0.4, 0.5) is 11.6 Å². The lowest BCUT2D eigenvalue weighted by Gasteiger charge is -2.36. The normalized spacial score (nSPS) is 16.5. The molecule has 0 unspecified atom stereocenters. The summed E-state index contributed by atoms with van der Waals surface area (Å²) < 4.78 is 15.5. The van der Waals surface area contributed by atoms with Crippen molar-refractivity contribution >= 4 is 46.9 Å². The van der Waals surface area contributed by atoms with Crippen LogP contribution < -0.4 is 9.80 Å². The van der Waals surface area contributed by atoms with Gasteiger partial charge in [-0.05, 0) is 26.0 Å². The second kappa shape index (κ2) is 9.49. The molecule has 2 aliphatic rings. The molecule has 0 bridgehead atoms. The van der Waals surface area contributed by atoms with Gasteiger partial charge in [0.05, 0.1) is 37.3 Å². The number of carbonyl (C=O) groups is 2. The maximum atomic E-state index is 12.4. The van der Waals surface area contributed by atoms with Gasteiger partial charge in [0.25, 0.3) is 0 Å². The first-order valence-electron chi connectivity index (χ1n) is 9.04. The standard InChI is InChI=1S/C18H22ClN3O5S/c1-3-26-17(23)14(18(24)27-4-2)16-22(11-28-16)13-6-5-12(19)15(20-13)21-7-9-25-10-8-21/h5-6H,3-4,7-11H2,1-2H3. The minimum absolute atomic E-state index is 0.107. The van der Waals surface area contributed by atoms with E-state index in [1.807, 2.05) is 0 Å². The van der Waals surface area contributed by atoms with Crippen molar-refractivity contribution in [2.75, 3.05) is 55.2 Å². The van der Waals surface area contributed by atoms with Crippen molar-refractivity contribution in [3.63, 3.8) is 0 Å². The molecule has 3 heterocycles. The van der Waals surface area contributed by atoms with Gasteiger partial charge in [0.2, 0.25) is 0 Å². The molecule has 0 saturated carbocycles. The molecule has 10 heteroatoms. The number of hydrogen-bond donors (Lipinski definition) is 0. The minimum atomic E-state index is -0.699. The number of carbonyl (C=O) groups excluding carboxylic acids is 2. The molecule has 1 aromatic rings. The number of aromatic nitrogens is 1. The summed E-state index contributed by atoms with van der Waals surface area (Å²) in [5.41, 5.74) is -0.107. The van der Waals surface area contributed by atoms with E-state index in [-0.39, 0.29) is 18.8 Å². The van der Waals surface area contributed by atoms with Crippen molar-refractivity contribution in [3.8, 4) is 0 Å². The van der Waals surface area contributed by atoms with E-state index < -0.39 is 11.9 Å². The molecule has 28 heavy (non-hydrogen) atoms. The van der Waals surface area contributed by atoms with Crippen LogP contribution in [0.5, 0.6) is 0 Å². The third kappa shape index (κ3) is 4.37. The third-order valence-corrected chi connectivity index (χ3v) is 5.53. The van der Waals surface area contributed by atoms with Crippen LogP contribution in [-0.2, 0) is 23.8 Å². The quantitative estimate of drug-likeness (QED) is 0.294. The fourth-order valence-corrected chi connectivity index (χ4v) is 3.95. The number of morpholine rings is 1. The number of rotatable bonds is 6. The molecule has 0 spiro atoms. The van der Waals surface area contributed by atoms with Crippen LogP contribution in [0, 0.1) is 0 Å². The van der Waals surface area contributed by atoms with E-state index in [1.165, 1.54) is 11.8 Å². The molecule has 152 valence electrons. The van der Waals surface area contributed by atoms with Crippen LogP contribution in [0.2, 0.25) is 5.02 Å². The van der Waals surface area contributed by atoms with E-state index in [1.54, 1.807) is 30.9 Å². The van der Waals surface area contributed by atoms with E-state index in [0.29, 0.717) is 53.9 Å². The van der Waals surface area contributed by atoms with Crippen LogP contribution in [0.15, 0.2) is 22.7 Å². The van der Waals surface area contributed by atoms with E-state index >= 15 is 0 Å². The average Bonchev–Trinajstić information content (AvgIpc) is 2.67. The van der Waals surface area contributed by atoms with Crippen LogP contribution in [0.1, 0.15) is 13.8 Å². The molecule has 2 saturated heterocycles. The Bertz CT molecular complexity index is 762.